The van der Waals surface area contributed by atoms with Gasteiger partial charge in [0.25, 0.3) is 5.91 Å². The molecule has 3 amide bonds. The Labute approximate surface area is 189 Å². The van der Waals surface area contributed by atoms with Crippen LogP contribution in [0.1, 0.15) is 36.0 Å². The zero-order chi connectivity index (χ0) is 22.5. The summed E-state index contributed by atoms with van der Waals surface area (Å²) in [6.07, 6.45) is 6.26. The molecule has 8 nitrogen and oxygen atoms in total. The molecule has 8 heteroatoms. The zero-order valence-electron chi connectivity index (χ0n) is 18.9. The number of hydrogen-bond donors (Lipinski definition) is 2. The number of likely N-dealkylation sites (N-methyl/N-ethyl adjacent to an activating group) is 1. The number of nitrogens with zero attached hydrogens (tertiary/aromatic N) is 4. The monoisotopic (exact) mass is 436 g/mol. The number of anilines is 3. The number of hydrogen-bond acceptors (Lipinski definition) is 5. The van der Waals surface area contributed by atoms with Gasteiger partial charge in [0.2, 0.25) is 0 Å². The number of rotatable bonds is 6. The third-order valence-electron chi connectivity index (χ3n) is 6.06. The number of piperidine rings is 1. The molecule has 3 heterocycles. The Morgan fingerprint density at radius 1 is 1.22 bits per heavy atom. The number of amides is 3. The lowest BCUT2D eigenvalue weighted by Crippen LogP contribution is -2.46. The molecular formula is C24H32N6O2. The fourth-order valence-electron chi connectivity index (χ4n) is 4.58. The lowest BCUT2D eigenvalue weighted by molar-refractivity contribution is 0.102. The molecule has 1 unspecified atom stereocenters. The quantitative estimate of drug-likeness (QED) is 0.679. The van der Waals surface area contributed by atoms with Gasteiger partial charge in [0.05, 0.1) is 16.9 Å². The number of likely N-dealkylation sites (tertiary alicyclic amines) is 1. The molecule has 1 aromatic carbocycles. The standard InChI is InChI=1S/C24H32N6O2/c1-28(2)17-18-9-5-6-15-29(18)16-8-14-26-24(32)30-21-12-4-3-10-19(21)23(31)27-20-11-7-13-25-22(20)30/h3-4,7,10-13,18H,5-6,8-9,14-17H2,1-2H3,(H,26,32)(H,27,31). The highest BCUT2D eigenvalue weighted by Crippen LogP contribution is 2.35. The van der Waals surface area contributed by atoms with Crippen LogP contribution in [-0.4, -0.2) is 73.0 Å². The average molecular weight is 437 g/mol. The molecular weight excluding hydrogens is 404 g/mol. The summed E-state index contributed by atoms with van der Waals surface area (Å²) in [6, 6.07) is 10.9. The van der Waals surface area contributed by atoms with E-state index in [1.807, 2.05) is 6.07 Å². The summed E-state index contributed by atoms with van der Waals surface area (Å²) in [6.45, 7) is 3.72. The first-order chi connectivity index (χ1) is 15.5. The van der Waals surface area contributed by atoms with E-state index in [0.717, 1.165) is 26.1 Å². The maximum Gasteiger partial charge on any atom is 0.327 e. The van der Waals surface area contributed by atoms with Crippen LogP contribution in [-0.2, 0) is 0 Å². The topological polar surface area (TPSA) is 80.8 Å². The maximum absolute atomic E-state index is 13.3. The van der Waals surface area contributed by atoms with Crippen LogP contribution in [0.4, 0.5) is 22.0 Å². The normalized spacial score (nSPS) is 18.5. The highest BCUT2D eigenvalue weighted by atomic mass is 16.2. The predicted molar refractivity (Wildman–Crippen MR) is 127 cm³/mol. The summed E-state index contributed by atoms with van der Waals surface area (Å²) in [5, 5.41) is 5.90. The molecule has 0 saturated carbocycles. The number of fused-ring (bicyclic) bond motifs is 2. The highest BCUT2D eigenvalue weighted by Gasteiger charge is 2.30. The van der Waals surface area contributed by atoms with Crippen LogP contribution in [0.25, 0.3) is 0 Å². The molecule has 1 saturated heterocycles. The van der Waals surface area contributed by atoms with Crippen molar-refractivity contribution in [3.63, 3.8) is 0 Å². The van der Waals surface area contributed by atoms with Gasteiger partial charge in [-0.3, -0.25) is 9.69 Å². The van der Waals surface area contributed by atoms with Crippen molar-refractivity contribution < 1.29 is 9.59 Å². The van der Waals surface area contributed by atoms with Crippen LogP contribution in [0.2, 0.25) is 0 Å². The van der Waals surface area contributed by atoms with E-state index in [-0.39, 0.29) is 11.9 Å². The molecule has 2 N–H and O–H groups in total. The molecule has 4 rings (SSSR count). The molecule has 0 spiro atoms. The van der Waals surface area contributed by atoms with E-state index in [1.54, 1.807) is 36.5 Å². The summed E-state index contributed by atoms with van der Waals surface area (Å²) >= 11 is 0. The molecule has 170 valence electrons. The number of benzene rings is 1. The second-order valence-corrected chi connectivity index (χ2v) is 8.71. The fourth-order valence-corrected chi connectivity index (χ4v) is 4.58. The number of para-hydroxylation sites is 1. The minimum absolute atomic E-state index is 0.248. The predicted octanol–water partition coefficient (Wildman–Crippen LogP) is 3.30. The van der Waals surface area contributed by atoms with Crippen molar-refractivity contribution in [3.8, 4) is 0 Å². The van der Waals surface area contributed by atoms with Crippen molar-refractivity contribution in [1.82, 2.24) is 20.1 Å². The van der Waals surface area contributed by atoms with Crippen LogP contribution in [0.15, 0.2) is 42.6 Å². The van der Waals surface area contributed by atoms with Crippen LogP contribution < -0.4 is 15.5 Å². The molecule has 0 radical (unpaired) electrons. The number of urea groups is 1. The molecule has 2 aromatic rings. The van der Waals surface area contributed by atoms with Gasteiger partial charge in [-0.15, -0.1) is 0 Å². The lowest BCUT2D eigenvalue weighted by atomic mass is 10.0. The van der Waals surface area contributed by atoms with Crippen molar-refractivity contribution in [2.24, 2.45) is 0 Å². The van der Waals surface area contributed by atoms with Gasteiger partial charge in [0, 0.05) is 31.9 Å². The Balaban J connectivity index is 1.43. The number of carbonyl (C=O) groups is 2. The summed E-state index contributed by atoms with van der Waals surface area (Å²) in [5.41, 5.74) is 1.49. The Hall–Kier alpha value is -2.97. The maximum atomic E-state index is 13.3. The zero-order valence-corrected chi connectivity index (χ0v) is 18.9. The third-order valence-corrected chi connectivity index (χ3v) is 6.06. The van der Waals surface area contributed by atoms with Crippen LogP contribution in [0.3, 0.4) is 0 Å². The minimum atomic E-state index is -0.280. The van der Waals surface area contributed by atoms with Gasteiger partial charge < -0.3 is 15.5 Å². The van der Waals surface area contributed by atoms with E-state index in [1.165, 1.54) is 24.2 Å². The van der Waals surface area contributed by atoms with E-state index < -0.39 is 0 Å². The molecule has 0 bridgehead atoms. The Morgan fingerprint density at radius 3 is 2.91 bits per heavy atom. The average Bonchev–Trinajstić information content (AvgIpc) is 2.91. The summed E-state index contributed by atoms with van der Waals surface area (Å²) in [5.74, 6) is 0.174. The highest BCUT2D eigenvalue weighted by molar-refractivity contribution is 6.16. The van der Waals surface area contributed by atoms with Crippen molar-refractivity contribution in [2.45, 2.75) is 31.7 Å². The number of pyridine rings is 1. The number of aromatic nitrogens is 1. The Kier molecular flexibility index (Phi) is 7.02. The first-order valence-corrected chi connectivity index (χ1v) is 11.4. The van der Waals surface area contributed by atoms with Crippen molar-refractivity contribution in [3.05, 3.63) is 48.2 Å². The van der Waals surface area contributed by atoms with Crippen molar-refractivity contribution in [1.29, 1.82) is 0 Å². The first-order valence-electron chi connectivity index (χ1n) is 11.4. The van der Waals surface area contributed by atoms with Gasteiger partial charge in [-0.25, -0.2) is 14.7 Å². The van der Waals surface area contributed by atoms with Gasteiger partial charge in [-0.05, 0) is 64.2 Å². The third kappa shape index (κ3) is 4.92. The van der Waals surface area contributed by atoms with Crippen molar-refractivity contribution >= 4 is 29.1 Å². The van der Waals surface area contributed by atoms with Gasteiger partial charge in [-0.2, -0.15) is 0 Å². The second kappa shape index (κ2) is 10.1. The summed E-state index contributed by atoms with van der Waals surface area (Å²) in [7, 11) is 4.25. The molecule has 1 atom stereocenters. The van der Waals surface area contributed by atoms with Crippen LogP contribution in [0, 0.1) is 0 Å². The molecule has 2 aliphatic rings. The Bertz CT molecular complexity index is 963. The van der Waals surface area contributed by atoms with E-state index in [0.29, 0.717) is 35.3 Å². The van der Waals surface area contributed by atoms with Gasteiger partial charge in [0.1, 0.15) is 0 Å². The second-order valence-electron chi connectivity index (χ2n) is 8.71. The van der Waals surface area contributed by atoms with Crippen LogP contribution >= 0.6 is 0 Å². The minimum Gasteiger partial charge on any atom is -0.337 e. The Morgan fingerprint density at radius 2 is 2.06 bits per heavy atom. The molecule has 2 aliphatic heterocycles. The van der Waals surface area contributed by atoms with E-state index in [2.05, 4.69) is 39.5 Å². The van der Waals surface area contributed by atoms with Crippen LogP contribution in [0.5, 0.6) is 0 Å². The molecule has 1 fully saturated rings. The largest absolute Gasteiger partial charge is 0.337 e. The van der Waals surface area contributed by atoms with E-state index in [4.69, 9.17) is 0 Å². The summed E-state index contributed by atoms with van der Waals surface area (Å²) < 4.78 is 0. The van der Waals surface area contributed by atoms with Gasteiger partial charge in [0.15, 0.2) is 5.82 Å². The fraction of sp³-hybridized carbons (Fsp3) is 0.458. The van der Waals surface area contributed by atoms with Gasteiger partial charge in [-0.1, -0.05) is 18.6 Å². The lowest BCUT2D eigenvalue weighted by Gasteiger charge is -2.37. The summed E-state index contributed by atoms with van der Waals surface area (Å²) in [4.78, 5) is 36.6. The molecule has 32 heavy (non-hydrogen) atoms. The molecule has 1 aromatic heterocycles. The van der Waals surface area contributed by atoms with Crippen molar-refractivity contribution in [2.75, 3.05) is 50.5 Å². The SMILES string of the molecule is CN(C)CC1CCCCN1CCCNC(=O)N1c2ccccc2C(=O)Nc2cccnc21. The first kappa shape index (κ1) is 22.2. The number of nitrogens with one attached hydrogen (secondary N) is 2. The molecule has 0 aliphatic carbocycles. The van der Waals surface area contributed by atoms with E-state index in [9.17, 15) is 9.59 Å². The van der Waals surface area contributed by atoms with Gasteiger partial charge >= 0.3 is 6.03 Å². The van der Waals surface area contributed by atoms with E-state index >= 15 is 0 Å². The smallest absolute Gasteiger partial charge is 0.327 e. The number of carbonyl (C=O) groups excluding carboxylic acids is 2.